The summed E-state index contributed by atoms with van der Waals surface area (Å²) in [6.07, 6.45) is 2.35. The molecule has 0 bridgehead atoms. The molecule has 0 radical (unpaired) electrons. The molecule has 0 spiro atoms. The normalized spacial score (nSPS) is 13.2. The van der Waals surface area contributed by atoms with Gasteiger partial charge >= 0.3 is 0 Å². The first-order chi connectivity index (χ1) is 5.06. The molecule has 0 rings (SSSR count). The summed E-state index contributed by atoms with van der Waals surface area (Å²) < 4.78 is 5.52. The van der Waals surface area contributed by atoms with E-state index in [-0.39, 0.29) is 0 Å². The third kappa shape index (κ3) is 5.96. The molecule has 1 heteroatoms. The molecule has 0 aromatic heterocycles. The van der Waals surface area contributed by atoms with Crippen LogP contribution in [0.2, 0.25) is 0 Å². The second-order valence-corrected chi connectivity index (χ2v) is 3.45. The molecule has 1 unspecified atom stereocenters. The van der Waals surface area contributed by atoms with E-state index in [1.165, 1.54) is 0 Å². The summed E-state index contributed by atoms with van der Waals surface area (Å²) in [5.74, 6) is 1.60. The second kappa shape index (κ2) is 5.22. The molecular weight excluding hydrogens is 136 g/mol. The van der Waals surface area contributed by atoms with Gasteiger partial charge in [0.1, 0.15) is 0 Å². The Balaban J connectivity index is 3.51. The van der Waals surface area contributed by atoms with Crippen molar-refractivity contribution in [2.24, 2.45) is 5.92 Å². The monoisotopic (exact) mass is 156 g/mol. The molecule has 0 saturated heterocycles. The zero-order chi connectivity index (χ0) is 8.85. The maximum atomic E-state index is 5.52. The molecule has 0 saturated carbocycles. The van der Waals surface area contributed by atoms with E-state index in [0.717, 1.165) is 18.6 Å². The third-order valence-electron chi connectivity index (χ3n) is 1.57. The molecule has 0 aromatic rings. The van der Waals surface area contributed by atoms with E-state index in [0.29, 0.717) is 12.0 Å². The Hall–Kier alpha value is -0.460. The van der Waals surface area contributed by atoms with E-state index in [1.807, 2.05) is 0 Å². The van der Waals surface area contributed by atoms with Crippen LogP contribution in [0.1, 0.15) is 40.5 Å². The van der Waals surface area contributed by atoms with Crippen LogP contribution in [0.25, 0.3) is 0 Å². The van der Waals surface area contributed by atoms with Crippen LogP contribution in [-0.4, -0.2) is 6.10 Å². The summed E-state index contributed by atoms with van der Waals surface area (Å²) in [6, 6.07) is 0. The van der Waals surface area contributed by atoms with Gasteiger partial charge in [-0.1, -0.05) is 27.4 Å². The van der Waals surface area contributed by atoms with Crippen molar-refractivity contribution in [3.8, 4) is 0 Å². The fourth-order valence-corrected chi connectivity index (χ4v) is 1.08. The Kier molecular flexibility index (Phi) is 5.01. The fourth-order valence-electron chi connectivity index (χ4n) is 1.08. The molecule has 0 amide bonds. The van der Waals surface area contributed by atoms with Crippen LogP contribution >= 0.6 is 0 Å². The van der Waals surface area contributed by atoms with Crippen LogP contribution in [-0.2, 0) is 4.74 Å². The maximum Gasteiger partial charge on any atom is 0.0956 e. The minimum atomic E-state index is 0.322. The minimum absolute atomic E-state index is 0.322. The van der Waals surface area contributed by atoms with Crippen molar-refractivity contribution in [2.45, 2.75) is 46.6 Å². The van der Waals surface area contributed by atoms with E-state index in [9.17, 15) is 0 Å². The lowest BCUT2D eigenvalue weighted by molar-refractivity contribution is 0.108. The Bertz CT molecular complexity index is 116. The molecule has 0 aliphatic heterocycles. The highest BCUT2D eigenvalue weighted by molar-refractivity contribution is 4.81. The first-order valence-corrected chi connectivity index (χ1v) is 4.40. The molecule has 11 heavy (non-hydrogen) atoms. The highest BCUT2D eigenvalue weighted by Crippen LogP contribution is 2.11. The first-order valence-electron chi connectivity index (χ1n) is 4.40. The number of ether oxygens (including phenoxy) is 1. The van der Waals surface area contributed by atoms with Crippen LogP contribution in [0.4, 0.5) is 0 Å². The van der Waals surface area contributed by atoms with Gasteiger partial charge in [-0.25, -0.2) is 0 Å². The van der Waals surface area contributed by atoms with Crippen molar-refractivity contribution >= 4 is 0 Å². The lowest BCUT2D eigenvalue weighted by Gasteiger charge is -2.17. The van der Waals surface area contributed by atoms with Crippen LogP contribution in [0.15, 0.2) is 12.3 Å². The Morgan fingerprint density at radius 2 is 1.91 bits per heavy atom. The van der Waals surface area contributed by atoms with Gasteiger partial charge in [0.2, 0.25) is 0 Å². The molecule has 0 aliphatic rings. The van der Waals surface area contributed by atoms with Gasteiger partial charge in [-0.2, -0.15) is 0 Å². The molecular formula is C10H20O. The lowest BCUT2D eigenvalue weighted by atomic mass is 10.1. The largest absolute Gasteiger partial charge is 0.496 e. The quantitative estimate of drug-likeness (QED) is 0.554. The van der Waals surface area contributed by atoms with Gasteiger partial charge in [0, 0.05) is 6.42 Å². The van der Waals surface area contributed by atoms with Crippen molar-refractivity contribution in [1.82, 2.24) is 0 Å². The average Bonchev–Trinajstić information content (AvgIpc) is 1.85. The number of allylic oxidation sites excluding steroid dienone is 1. The Morgan fingerprint density at radius 3 is 2.27 bits per heavy atom. The number of hydrogen-bond donors (Lipinski definition) is 0. The molecule has 0 aliphatic carbocycles. The molecule has 66 valence electrons. The van der Waals surface area contributed by atoms with Crippen LogP contribution in [0, 0.1) is 5.92 Å². The average molecular weight is 156 g/mol. The predicted octanol–water partition coefficient (Wildman–Crippen LogP) is 3.36. The van der Waals surface area contributed by atoms with E-state index >= 15 is 0 Å². The number of hydrogen-bond acceptors (Lipinski definition) is 1. The summed E-state index contributed by atoms with van der Waals surface area (Å²) in [5, 5.41) is 0. The van der Waals surface area contributed by atoms with Crippen molar-refractivity contribution < 1.29 is 4.74 Å². The minimum Gasteiger partial charge on any atom is -0.496 e. The predicted molar refractivity (Wildman–Crippen MR) is 49.4 cm³/mol. The van der Waals surface area contributed by atoms with Crippen LogP contribution < -0.4 is 0 Å². The van der Waals surface area contributed by atoms with Gasteiger partial charge in [-0.3, -0.25) is 0 Å². The first kappa shape index (κ1) is 10.5. The molecule has 1 nitrogen and oxygen atoms in total. The van der Waals surface area contributed by atoms with E-state index in [2.05, 4.69) is 34.3 Å². The standard InChI is InChI=1S/C10H20O/c1-6-9(4)11-10(5)7-8(2)3/h8,10H,4,6-7H2,1-3,5H3. The smallest absolute Gasteiger partial charge is 0.0956 e. The molecule has 0 aromatic carbocycles. The summed E-state index contributed by atoms with van der Waals surface area (Å²) >= 11 is 0. The van der Waals surface area contributed by atoms with E-state index < -0.39 is 0 Å². The topological polar surface area (TPSA) is 9.23 Å². The summed E-state index contributed by atoms with van der Waals surface area (Å²) in [7, 11) is 0. The van der Waals surface area contributed by atoms with E-state index in [4.69, 9.17) is 4.74 Å². The summed E-state index contributed by atoms with van der Waals surface area (Å²) in [6.45, 7) is 12.4. The van der Waals surface area contributed by atoms with Gasteiger partial charge in [0.15, 0.2) is 0 Å². The van der Waals surface area contributed by atoms with Crippen molar-refractivity contribution in [3.63, 3.8) is 0 Å². The van der Waals surface area contributed by atoms with Crippen molar-refractivity contribution in [2.75, 3.05) is 0 Å². The van der Waals surface area contributed by atoms with Gasteiger partial charge in [0.05, 0.1) is 11.9 Å². The van der Waals surface area contributed by atoms with Gasteiger partial charge < -0.3 is 4.74 Å². The zero-order valence-electron chi connectivity index (χ0n) is 8.18. The molecule has 0 fully saturated rings. The molecule has 0 heterocycles. The highest BCUT2D eigenvalue weighted by Gasteiger charge is 2.05. The summed E-state index contributed by atoms with van der Waals surface area (Å²) in [5.41, 5.74) is 0. The van der Waals surface area contributed by atoms with Crippen LogP contribution in [0.3, 0.4) is 0 Å². The maximum absolute atomic E-state index is 5.52. The Labute approximate surface area is 70.4 Å². The van der Waals surface area contributed by atoms with Gasteiger partial charge in [-0.15, -0.1) is 0 Å². The fraction of sp³-hybridized carbons (Fsp3) is 0.800. The molecule has 1 atom stereocenters. The van der Waals surface area contributed by atoms with Gasteiger partial charge in [-0.05, 0) is 19.3 Å². The third-order valence-corrected chi connectivity index (χ3v) is 1.57. The summed E-state index contributed by atoms with van der Waals surface area (Å²) in [4.78, 5) is 0. The van der Waals surface area contributed by atoms with Crippen LogP contribution in [0.5, 0.6) is 0 Å². The molecule has 0 N–H and O–H groups in total. The lowest BCUT2D eigenvalue weighted by Crippen LogP contribution is -2.10. The van der Waals surface area contributed by atoms with E-state index in [1.54, 1.807) is 0 Å². The Morgan fingerprint density at radius 1 is 1.36 bits per heavy atom. The highest BCUT2D eigenvalue weighted by atomic mass is 16.5. The number of rotatable bonds is 5. The second-order valence-electron chi connectivity index (χ2n) is 3.45. The van der Waals surface area contributed by atoms with Gasteiger partial charge in [0.25, 0.3) is 0 Å². The SMILES string of the molecule is C=C(CC)OC(C)CC(C)C. The zero-order valence-corrected chi connectivity index (χ0v) is 8.18. The van der Waals surface area contributed by atoms with Crippen molar-refractivity contribution in [3.05, 3.63) is 12.3 Å². The van der Waals surface area contributed by atoms with Crippen molar-refractivity contribution in [1.29, 1.82) is 0 Å².